The van der Waals surface area contributed by atoms with Crippen LogP contribution in [0.4, 0.5) is 0 Å². The molecule has 3 amide bonds. The minimum Gasteiger partial charge on any atom is -0.481 e. The Labute approximate surface area is 217 Å². The SMILES string of the molecule is CC(NC(=O)C(CCC(=O)O)NC(=O)C(N)Cc1c[nH]c2ccccc12)C(=O)NC(CCC(=O)O)C(=O)O. The van der Waals surface area contributed by atoms with E-state index in [4.69, 9.17) is 15.9 Å². The summed E-state index contributed by atoms with van der Waals surface area (Å²) < 4.78 is 0. The van der Waals surface area contributed by atoms with Gasteiger partial charge in [0, 0.05) is 29.9 Å². The van der Waals surface area contributed by atoms with Gasteiger partial charge in [0.15, 0.2) is 0 Å². The topological polar surface area (TPSA) is 241 Å². The van der Waals surface area contributed by atoms with Gasteiger partial charge in [0.05, 0.1) is 6.04 Å². The third-order valence-corrected chi connectivity index (χ3v) is 5.74. The van der Waals surface area contributed by atoms with E-state index in [1.807, 2.05) is 24.3 Å². The molecule has 9 N–H and O–H groups in total. The first-order chi connectivity index (χ1) is 17.9. The molecule has 1 aromatic heterocycles. The van der Waals surface area contributed by atoms with Crippen molar-refractivity contribution in [1.82, 2.24) is 20.9 Å². The molecule has 0 aliphatic rings. The molecule has 0 radical (unpaired) electrons. The second-order valence-electron chi connectivity index (χ2n) is 8.73. The van der Waals surface area contributed by atoms with Gasteiger partial charge in [-0.15, -0.1) is 0 Å². The number of carboxylic acids is 3. The molecule has 1 aromatic carbocycles. The van der Waals surface area contributed by atoms with Crippen molar-refractivity contribution in [1.29, 1.82) is 0 Å². The molecule has 206 valence electrons. The number of fused-ring (bicyclic) bond motifs is 1. The standard InChI is InChI=1S/C24H31N5O9/c1-12(21(34)29-18(24(37)38)7-9-20(32)33)27-23(36)17(6-8-19(30)31)28-22(35)15(25)10-13-11-26-16-5-3-2-4-14(13)16/h2-5,11-12,15,17-18,26H,6-10,25H2,1H3,(H,27,36)(H,28,35)(H,29,34)(H,30,31)(H,32,33)(H,37,38). The molecule has 2 rings (SSSR count). The Morgan fingerprint density at radius 1 is 0.842 bits per heavy atom. The van der Waals surface area contributed by atoms with Crippen LogP contribution < -0.4 is 21.7 Å². The quantitative estimate of drug-likeness (QED) is 0.143. The molecule has 14 heteroatoms. The summed E-state index contributed by atoms with van der Waals surface area (Å²) in [6, 6.07) is 2.21. The molecule has 0 saturated heterocycles. The van der Waals surface area contributed by atoms with E-state index in [9.17, 15) is 33.9 Å². The van der Waals surface area contributed by atoms with Crippen molar-refractivity contribution in [3.8, 4) is 0 Å². The maximum Gasteiger partial charge on any atom is 0.326 e. The summed E-state index contributed by atoms with van der Waals surface area (Å²) in [5.74, 6) is -6.40. The summed E-state index contributed by atoms with van der Waals surface area (Å²) in [7, 11) is 0. The first-order valence-electron chi connectivity index (χ1n) is 11.8. The third kappa shape index (κ3) is 8.89. The number of rotatable bonds is 15. The monoisotopic (exact) mass is 533 g/mol. The van der Waals surface area contributed by atoms with E-state index in [-0.39, 0.29) is 19.3 Å². The van der Waals surface area contributed by atoms with E-state index in [1.165, 1.54) is 6.92 Å². The summed E-state index contributed by atoms with van der Waals surface area (Å²) in [6.07, 6.45) is 0.218. The van der Waals surface area contributed by atoms with Crippen LogP contribution in [0.3, 0.4) is 0 Å². The van der Waals surface area contributed by atoms with Gasteiger partial charge < -0.3 is 42.0 Å². The average molecular weight is 534 g/mol. The van der Waals surface area contributed by atoms with E-state index in [0.29, 0.717) is 0 Å². The van der Waals surface area contributed by atoms with Crippen molar-refractivity contribution >= 4 is 46.5 Å². The fraction of sp³-hybridized carbons (Fsp3) is 0.417. The van der Waals surface area contributed by atoms with Gasteiger partial charge in [0.25, 0.3) is 0 Å². The van der Waals surface area contributed by atoms with Crippen LogP contribution in [0.1, 0.15) is 38.2 Å². The van der Waals surface area contributed by atoms with Crippen molar-refractivity contribution in [2.24, 2.45) is 5.73 Å². The van der Waals surface area contributed by atoms with Crippen molar-refractivity contribution < 1.29 is 44.1 Å². The lowest BCUT2D eigenvalue weighted by molar-refractivity contribution is -0.143. The molecule has 38 heavy (non-hydrogen) atoms. The Bertz CT molecular complexity index is 1190. The smallest absolute Gasteiger partial charge is 0.326 e. The number of aliphatic carboxylic acids is 3. The van der Waals surface area contributed by atoms with E-state index in [2.05, 4.69) is 20.9 Å². The molecule has 0 aliphatic heterocycles. The Morgan fingerprint density at radius 2 is 1.42 bits per heavy atom. The number of amides is 3. The number of nitrogens with two attached hydrogens (primary N) is 1. The van der Waals surface area contributed by atoms with Gasteiger partial charge in [-0.05, 0) is 37.8 Å². The lowest BCUT2D eigenvalue weighted by Crippen LogP contribution is -2.56. The highest BCUT2D eigenvalue weighted by Gasteiger charge is 2.29. The number of para-hydroxylation sites is 1. The van der Waals surface area contributed by atoms with E-state index < -0.39 is 72.6 Å². The fourth-order valence-electron chi connectivity index (χ4n) is 3.65. The van der Waals surface area contributed by atoms with Crippen molar-refractivity contribution in [3.05, 3.63) is 36.0 Å². The van der Waals surface area contributed by atoms with Gasteiger partial charge in [0.1, 0.15) is 18.1 Å². The van der Waals surface area contributed by atoms with Crippen molar-refractivity contribution in [2.45, 2.75) is 63.2 Å². The number of carbonyl (C=O) groups is 6. The summed E-state index contributed by atoms with van der Waals surface area (Å²) in [4.78, 5) is 74.1. The zero-order chi connectivity index (χ0) is 28.4. The normalized spacial score (nSPS) is 14.1. The van der Waals surface area contributed by atoms with Gasteiger partial charge >= 0.3 is 17.9 Å². The maximum absolute atomic E-state index is 12.8. The van der Waals surface area contributed by atoms with Gasteiger partial charge in [-0.1, -0.05) is 18.2 Å². The van der Waals surface area contributed by atoms with Crippen LogP contribution in [0.2, 0.25) is 0 Å². The molecule has 0 spiro atoms. The minimum atomic E-state index is -1.50. The number of benzene rings is 1. The third-order valence-electron chi connectivity index (χ3n) is 5.74. The highest BCUT2D eigenvalue weighted by Crippen LogP contribution is 2.18. The van der Waals surface area contributed by atoms with Gasteiger partial charge in [-0.2, -0.15) is 0 Å². The predicted molar refractivity (Wildman–Crippen MR) is 133 cm³/mol. The summed E-state index contributed by atoms with van der Waals surface area (Å²) in [5.41, 5.74) is 7.68. The van der Waals surface area contributed by atoms with Crippen LogP contribution in [0.5, 0.6) is 0 Å². The number of carbonyl (C=O) groups excluding carboxylic acids is 3. The number of aromatic nitrogens is 1. The molecular weight excluding hydrogens is 502 g/mol. The number of H-pyrrole nitrogens is 1. The van der Waals surface area contributed by atoms with Crippen LogP contribution in [-0.4, -0.2) is 80.1 Å². The number of aromatic amines is 1. The largest absolute Gasteiger partial charge is 0.481 e. The lowest BCUT2D eigenvalue weighted by atomic mass is 10.0. The molecule has 14 nitrogen and oxygen atoms in total. The minimum absolute atomic E-state index is 0.134. The van der Waals surface area contributed by atoms with E-state index in [0.717, 1.165) is 16.5 Å². The zero-order valence-corrected chi connectivity index (χ0v) is 20.6. The molecule has 0 bridgehead atoms. The van der Waals surface area contributed by atoms with E-state index >= 15 is 0 Å². The highest BCUT2D eigenvalue weighted by atomic mass is 16.4. The molecule has 0 fully saturated rings. The molecule has 0 aliphatic carbocycles. The molecular formula is C24H31N5O9. The van der Waals surface area contributed by atoms with Crippen molar-refractivity contribution in [2.75, 3.05) is 0 Å². The molecule has 4 unspecified atom stereocenters. The first-order valence-corrected chi connectivity index (χ1v) is 11.8. The average Bonchev–Trinajstić information content (AvgIpc) is 3.26. The van der Waals surface area contributed by atoms with E-state index in [1.54, 1.807) is 6.20 Å². The fourth-order valence-corrected chi connectivity index (χ4v) is 3.65. The van der Waals surface area contributed by atoms with Crippen LogP contribution in [-0.2, 0) is 35.2 Å². The molecule has 0 saturated carbocycles. The van der Waals surface area contributed by atoms with Crippen LogP contribution in [0.25, 0.3) is 10.9 Å². The number of nitrogens with one attached hydrogen (secondary N) is 4. The van der Waals surface area contributed by atoms with Gasteiger partial charge in [-0.3, -0.25) is 24.0 Å². The van der Waals surface area contributed by atoms with Gasteiger partial charge in [0.2, 0.25) is 17.7 Å². The maximum atomic E-state index is 12.8. The Balaban J connectivity index is 2.03. The number of hydrogen-bond donors (Lipinski definition) is 8. The first kappa shape index (κ1) is 29.8. The number of hydrogen-bond acceptors (Lipinski definition) is 7. The Morgan fingerprint density at radius 3 is 2.03 bits per heavy atom. The second-order valence-corrected chi connectivity index (χ2v) is 8.73. The van der Waals surface area contributed by atoms with Crippen molar-refractivity contribution in [3.63, 3.8) is 0 Å². The summed E-state index contributed by atoms with van der Waals surface area (Å²) >= 11 is 0. The number of carboxylic acid groups (broad SMARTS) is 3. The summed E-state index contributed by atoms with van der Waals surface area (Å²) in [6.45, 7) is 1.25. The second kappa shape index (κ2) is 13.7. The Hall–Kier alpha value is -4.46. The lowest BCUT2D eigenvalue weighted by Gasteiger charge is -2.23. The molecule has 4 atom stereocenters. The highest BCUT2D eigenvalue weighted by molar-refractivity contribution is 5.94. The molecule has 2 aromatic rings. The predicted octanol–water partition coefficient (Wildman–Crippen LogP) is -0.674. The molecule has 1 heterocycles. The zero-order valence-electron chi connectivity index (χ0n) is 20.6. The Kier molecular flexibility index (Phi) is 10.8. The summed E-state index contributed by atoms with van der Waals surface area (Å²) in [5, 5.41) is 34.7. The van der Waals surface area contributed by atoms with Gasteiger partial charge in [-0.25, -0.2) is 4.79 Å². The van der Waals surface area contributed by atoms with Crippen LogP contribution in [0, 0.1) is 0 Å². The van der Waals surface area contributed by atoms with Crippen LogP contribution in [0.15, 0.2) is 30.5 Å². The van der Waals surface area contributed by atoms with Crippen LogP contribution >= 0.6 is 0 Å².